The Labute approximate surface area is 108 Å². The number of anilines is 3. The Kier molecular flexibility index (Phi) is 2.40. The van der Waals surface area contributed by atoms with Crippen LogP contribution in [0.5, 0.6) is 0 Å². The SMILES string of the molecule is CB1c2ccoc2N(C)c2cccc(N(C)C)c21. The number of rotatable bonds is 1. The lowest BCUT2D eigenvalue weighted by molar-refractivity contribution is 0.571. The Morgan fingerprint density at radius 2 is 2.00 bits per heavy atom. The second-order valence-corrected chi connectivity index (χ2v) is 5.07. The molecular weight excluding hydrogens is 223 g/mol. The highest BCUT2D eigenvalue weighted by atomic mass is 16.3. The highest BCUT2D eigenvalue weighted by molar-refractivity contribution is 6.88. The van der Waals surface area contributed by atoms with Gasteiger partial charge in [-0.05, 0) is 29.1 Å². The van der Waals surface area contributed by atoms with Gasteiger partial charge in [0.25, 0.3) is 0 Å². The maximum Gasteiger partial charge on any atom is 0.218 e. The van der Waals surface area contributed by atoms with Gasteiger partial charge in [-0.25, -0.2) is 0 Å². The third-order valence-corrected chi connectivity index (χ3v) is 3.78. The van der Waals surface area contributed by atoms with Crippen LogP contribution in [0.3, 0.4) is 0 Å². The third-order valence-electron chi connectivity index (χ3n) is 3.78. The molecule has 0 N–H and O–H groups in total. The summed E-state index contributed by atoms with van der Waals surface area (Å²) in [6.45, 7) is 2.61. The maximum atomic E-state index is 5.61. The minimum absolute atomic E-state index is 0.364. The smallest absolute Gasteiger partial charge is 0.218 e. The number of hydrogen-bond acceptors (Lipinski definition) is 3. The van der Waals surface area contributed by atoms with Gasteiger partial charge in [-0.1, -0.05) is 12.9 Å². The minimum Gasteiger partial charge on any atom is -0.449 e. The van der Waals surface area contributed by atoms with Gasteiger partial charge in [-0.15, -0.1) is 0 Å². The molecule has 1 aromatic heterocycles. The third kappa shape index (κ3) is 1.38. The summed E-state index contributed by atoms with van der Waals surface area (Å²) >= 11 is 0. The van der Waals surface area contributed by atoms with Crippen molar-refractivity contribution in [2.45, 2.75) is 6.82 Å². The molecule has 0 aliphatic carbocycles. The van der Waals surface area contributed by atoms with Crippen LogP contribution in [-0.2, 0) is 0 Å². The maximum absolute atomic E-state index is 5.61. The lowest BCUT2D eigenvalue weighted by Crippen LogP contribution is -2.48. The number of nitrogens with zero attached hydrogens (tertiary/aromatic N) is 2. The topological polar surface area (TPSA) is 19.6 Å². The summed E-state index contributed by atoms with van der Waals surface area (Å²) in [5, 5.41) is 0. The first-order chi connectivity index (χ1) is 8.61. The molecule has 0 radical (unpaired) electrons. The van der Waals surface area contributed by atoms with Crippen molar-refractivity contribution in [3.05, 3.63) is 30.5 Å². The van der Waals surface area contributed by atoms with Crippen molar-refractivity contribution in [2.24, 2.45) is 0 Å². The van der Waals surface area contributed by atoms with Gasteiger partial charge in [-0.3, -0.25) is 0 Å². The molecule has 1 aliphatic rings. The molecule has 0 amide bonds. The molecule has 0 saturated heterocycles. The highest BCUT2D eigenvalue weighted by Gasteiger charge is 2.32. The molecule has 0 fully saturated rings. The van der Waals surface area contributed by atoms with Gasteiger partial charge in [-0.2, -0.15) is 0 Å². The first kappa shape index (κ1) is 11.3. The average Bonchev–Trinajstić information content (AvgIpc) is 2.84. The van der Waals surface area contributed by atoms with Crippen LogP contribution in [0, 0.1) is 0 Å². The van der Waals surface area contributed by atoms with Crippen LogP contribution in [0.1, 0.15) is 0 Å². The molecule has 0 atom stereocenters. The number of hydrogen-bond donors (Lipinski definition) is 0. The van der Waals surface area contributed by atoms with E-state index in [9.17, 15) is 0 Å². The van der Waals surface area contributed by atoms with Crippen molar-refractivity contribution < 1.29 is 4.42 Å². The molecule has 2 aromatic rings. The van der Waals surface area contributed by atoms with Gasteiger partial charge in [0.05, 0.1) is 6.26 Å². The van der Waals surface area contributed by atoms with Gasteiger partial charge >= 0.3 is 0 Å². The quantitative estimate of drug-likeness (QED) is 0.707. The molecule has 1 aliphatic heterocycles. The summed E-state index contributed by atoms with van der Waals surface area (Å²) in [4.78, 5) is 4.31. The lowest BCUT2D eigenvalue weighted by atomic mass is 9.41. The molecule has 0 bridgehead atoms. The molecule has 4 heteroatoms. The molecule has 0 unspecified atom stereocenters. The van der Waals surface area contributed by atoms with Crippen molar-refractivity contribution in [3.63, 3.8) is 0 Å². The Hall–Kier alpha value is -1.84. The van der Waals surface area contributed by atoms with Crippen LogP contribution in [0.15, 0.2) is 34.9 Å². The molecule has 3 nitrogen and oxygen atoms in total. The fraction of sp³-hybridized carbons (Fsp3) is 0.286. The van der Waals surface area contributed by atoms with E-state index < -0.39 is 0 Å². The number of fused-ring (bicyclic) bond motifs is 2. The second-order valence-electron chi connectivity index (χ2n) is 5.07. The predicted octanol–water partition coefficient (Wildman–Crippen LogP) is 1.67. The van der Waals surface area contributed by atoms with Crippen LogP contribution in [0.25, 0.3) is 0 Å². The van der Waals surface area contributed by atoms with E-state index >= 15 is 0 Å². The van der Waals surface area contributed by atoms with E-state index in [1.807, 2.05) is 0 Å². The zero-order chi connectivity index (χ0) is 12.9. The van der Waals surface area contributed by atoms with E-state index in [-0.39, 0.29) is 0 Å². The molecule has 0 spiro atoms. The van der Waals surface area contributed by atoms with E-state index in [1.165, 1.54) is 22.3 Å². The van der Waals surface area contributed by atoms with E-state index in [1.54, 1.807) is 6.26 Å². The molecule has 1 aromatic carbocycles. The fourth-order valence-corrected chi connectivity index (χ4v) is 2.85. The summed E-state index contributed by atoms with van der Waals surface area (Å²) < 4.78 is 5.61. The fourth-order valence-electron chi connectivity index (χ4n) is 2.85. The summed E-state index contributed by atoms with van der Waals surface area (Å²) in [5.74, 6) is 0.964. The van der Waals surface area contributed by atoms with Crippen LogP contribution >= 0.6 is 0 Å². The monoisotopic (exact) mass is 240 g/mol. The first-order valence-corrected chi connectivity index (χ1v) is 6.22. The molecule has 18 heavy (non-hydrogen) atoms. The predicted molar refractivity (Wildman–Crippen MR) is 78.4 cm³/mol. The molecular formula is C14H17BN2O. The van der Waals surface area contributed by atoms with Crippen molar-refractivity contribution in [1.29, 1.82) is 0 Å². The van der Waals surface area contributed by atoms with E-state index in [0.717, 1.165) is 5.88 Å². The van der Waals surface area contributed by atoms with Gasteiger partial charge in [0.2, 0.25) is 6.71 Å². The Bertz CT molecular complexity index is 591. The zero-order valence-corrected chi connectivity index (χ0v) is 11.3. The summed E-state index contributed by atoms with van der Waals surface area (Å²) in [6, 6.07) is 8.51. The van der Waals surface area contributed by atoms with E-state index in [4.69, 9.17) is 4.42 Å². The van der Waals surface area contributed by atoms with Crippen molar-refractivity contribution >= 4 is 34.9 Å². The zero-order valence-electron chi connectivity index (χ0n) is 11.3. The Morgan fingerprint density at radius 1 is 1.22 bits per heavy atom. The Balaban J connectivity index is 2.26. The lowest BCUT2D eigenvalue weighted by Gasteiger charge is -2.32. The summed E-state index contributed by atoms with van der Waals surface area (Å²) in [5.41, 5.74) is 5.15. The highest BCUT2D eigenvalue weighted by Crippen LogP contribution is 2.29. The van der Waals surface area contributed by atoms with E-state index in [2.05, 4.69) is 62.0 Å². The normalized spacial score (nSPS) is 13.3. The summed E-state index contributed by atoms with van der Waals surface area (Å²) in [6.07, 6.45) is 1.78. The van der Waals surface area contributed by atoms with Gasteiger partial charge in [0, 0.05) is 32.5 Å². The van der Waals surface area contributed by atoms with Gasteiger partial charge in [0.15, 0.2) is 5.88 Å². The molecule has 2 heterocycles. The average molecular weight is 240 g/mol. The molecule has 92 valence electrons. The van der Waals surface area contributed by atoms with Gasteiger partial charge in [0.1, 0.15) is 0 Å². The standard InChI is InChI=1S/C14H17BN2O/c1-15-10-8-9-18-14(10)17(4)12-7-5-6-11(13(12)15)16(2)3/h5-9H,1-4H3. The van der Waals surface area contributed by atoms with Crippen molar-refractivity contribution in [2.75, 3.05) is 30.9 Å². The van der Waals surface area contributed by atoms with E-state index in [0.29, 0.717) is 6.71 Å². The largest absolute Gasteiger partial charge is 0.449 e. The number of benzene rings is 1. The van der Waals surface area contributed by atoms with Crippen LogP contribution < -0.4 is 20.7 Å². The molecule has 0 saturated carbocycles. The Morgan fingerprint density at radius 3 is 2.72 bits per heavy atom. The first-order valence-electron chi connectivity index (χ1n) is 6.22. The number of furan rings is 1. The second kappa shape index (κ2) is 3.84. The van der Waals surface area contributed by atoms with Crippen LogP contribution in [0.4, 0.5) is 17.3 Å². The molecule has 3 rings (SSSR count). The van der Waals surface area contributed by atoms with Gasteiger partial charge < -0.3 is 14.2 Å². The van der Waals surface area contributed by atoms with Crippen LogP contribution in [0.2, 0.25) is 6.82 Å². The minimum atomic E-state index is 0.364. The van der Waals surface area contributed by atoms with Crippen molar-refractivity contribution in [3.8, 4) is 0 Å². The summed E-state index contributed by atoms with van der Waals surface area (Å²) in [7, 11) is 6.24. The van der Waals surface area contributed by atoms with Crippen molar-refractivity contribution in [1.82, 2.24) is 0 Å². The van der Waals surface area contributed by atoms with Crippen LogP contribution in [-0.4, -0.2) is 27.9 Å².